The Morgan fingerprint density at radius 1 is 0.230 bits per heavy atom. The van der Waals surface area contributed by atoms with Gasteiger partial charge in [0.25, 0.3) is 0 Å². The van der Waals surface area contributed by atoms with Crippen LogP contribution in [0.4, 0.5) is 0 Å². The molecule has 0 atom stereocenters. The number of fused-ring (bicyclic) bond motifs is 8. The van der Waals surface area contributed by atoms with Crippen LogP contribution in [0.3, 0.4) is 0 Å². The van der Waals surface area contributed by atoms with Crippen LogP contribution >= 0.6 is 0 Å². The van der Waals surface area contributed by atoms with Crippen LogP contribution in [0, 0.1) is 0 Å². The molecule has 0 spiro atoms. The average molecular weight is 1380 g/mol. The molecule has 1 aliphatic rings. The van der Waals surface area contributed by atoms with Crippen molar-refractivity contribution in [3.05, 3.63) is 144 Å². The maximum absolute atomic E-state index is 13.7. The fourth-order valence-electron chi connectivity index (χ4n) is 13.8. The van der Waals surface area contributed by atoms with Crippen molar-refractivity contribution in [3.63, 3.8) is 0 Å². The van der Waals surface area contributed by atoms with E-state index in [2.05, 4.69) is 26.3 Å². The van der Waals surface area contributed by atoms with E-state index in [0.717, 1.165) is 154 Å². The van der Waals surface area contributed by atoms with Gasteiger partial charge in [0.15, 0.2) is 0 Å². The highest BCUT2D eigenvalue weighted by Crippen LogP contribution is 2.54. The van der Waals surface area contributed by atoms with E-state index in [0.29, 0.717) is 95.9 Å². The van der Waals surface area contributed by atoms with Gasteiger partial charge in [0, 0.05) is 148 Å². The number of esters is 8. The van der Waals surface area contributed by atoms with Crippen molar-refractivity contribution in [1.82, 2.24) is 0 Å². The molecule has 0 aromatic heterocycles. The number of ether oxygens (including phenoxy) is 8. The smallest absolute Gasteiger partial charge is 0.308 e. The maximum Gasteiger partial charge on any atom is 0.308 e. The number of carbonyl (C=O) groups is 8. The number of unbranched alkanes of at least 4 members (excludes halogenated alkanes) is 24. The molecule has 0 N–H and O–H groups in total. The van der Waals surface area contributed by atoms with Crippen molar-refractivity contribution < 1.29 is 76.3 Å². The Morgan fingerprint density at radius 2 is 0.360 bits per heavy atom. The quantitative estimate of drug-likeness (QED) is 0.0174. The predicted octanol–water partition coefficient (Wildman–Crippen LogP) is 21.2. The highest BCUT2D eigenvalue weighted by molar-refractivity contribution is 5.79. The van der Waals surface area contributed by atoms with Crippen molar-refractivity contribution >= 4 is 47.8 Å². The van der Waals surface area contributed by atoms with Gasteiger partial charge >= 0.3 is 47.8 Å². The Balaban J connectivity index is 2.17. The highest BCUT2D eigenvalue weighted by Gasteiger charge is 2.37. The van der Waals surface area contributed by atoms with E-state index in [4.69, 9.17) is 37.9 Å². The Labute approximate surface area is 595 Å². The van der Waals surface area contributed by atoms with Crippen molar-refractivity contribution in [2.45, 2.75) is 285 Å². The number of benzene rings is 4. The molecule has 4 aromatic rings. The summed E-state index contributed by atoms with van der Waals surface area (Å²) in [5.41, 5.74) is 3.67. The van der Waals surface area contributed by atoms with Crippen LogP contribution in [0.5, 0.6) is 46.0 Å². The molecule has 0 aliphatic heterocycles. The van der Waals surface area contributed by atoms with Gasteiger partial charge in [-0.15, -0.1) is 26.3 Å². The number of hydrogen-bond acceptors (Lipinski definition) is 16. The third-order valence-electron chi connectivity index (χ3n) is 18.2. The molecule has 5 rings (SSSR count). The van der Waals surface area contributed by atoms with Gasteiger partial charge in [0.05, 0.1) is 0 Å². The van der Waals surface area contributed by atoms with Gasteiger partial charge < -0.3 is 37.9 Å². The van der Waals surface area contributed by atoms with Crippen molar-refractivity contribution in [2.24, 2.45) is 0 Å². The zero-order valence-corrected chi connectivity index (χ0v) is 61.2. The predicted molar refractivity (Wildman–Crippen MR) is 392 cm³/mol. The van der Waals surface area contributed by atoms with Gasteiger partial charge in [-0.25, -0.2) is 0 Å². The van der Waals surface area contributed by atoms with E-state index in [-0.39, 0.29) is 46.0 Å². The number of rotatable bonds is 44. The van der Waals surface area contributed by atoms with Crippen LogP contribution in [-0.2, 0) is 38.4 Å². The normalized spacial score (nSPS) is 14.6. The van der Waals surface area contributed by atoms with Gasteiger partial charge in [-0.05, 0) is 101 Å². The first-order chi connectivity index (χ1) is 48.1. The van der Waals surface area contributed by atoms with Gasteiger partial charge in [0.2, 0.25) is 0 Å². The molecule has 16 heteroatoms. The van der Waals surface area contributed by atoms with Crippen LogP contribution in [0.25, 0.3) is 0 Å². The Hall–Kier alpha value is -8.40. The number of allylic oxidation sites excluding steroid dienone is 4. The lowest BCUT2D eigenvalue weighted by Crippen LogP contribution is -2.18. The summed E-state index contributed by atoms with van der Waals surface area (Å²) < 4.78 is 50.4. The lowest BCUT2D eigenvalue weighted by atomic mass is 9.76. The van der Waals surface area contributed by atoms with E-state index < -0.39 is 71.4 Å². The molecule has 0 fully saturated rings. The topological polar surface area (TPSA) is 210 Å². The van der Waals surface area contributed by atoms with Crippen LogP contribution in [-0.4, -0.2) is 47.8 Å². The first-order valence-electron chi connectivity index (χ1n) is 36.7. The largest absolute Gasteiger partial charge is 0.426 e. The minimum Gasteiger partial charge on any atom is -0.426 e. The Kier molecular flexibility index (Phi) is 36.8. The second-order valence-electron chi connectivity index (χ2n) is 26.6. The van der Waals surface area contributed by atoms with Gasteiger partial charge in [-0.1, -0.05) is 153 Å². The van der Waals surface area contributed by atoms with E-state index in [1.807, 2.05) is 48.6 Å². The highest BCUT2D eigenvalue weighted by atomic mass is 16.6. The molecule has 0 heterocycles. The summed E-state index contributed by atoms with van der Waals surface area (Å²) in [6.45, 7) is 25.9. The molecule has 0 saturated carbocycles. The van der Waals surface area contributed by atoms with E-state index in [9.17, 15) is 38.4 Å². The van der Waals surface area contributed by atoms with Crippen molar-refractivity contribution in [1.29, 1.82) is 0 Å². The summed E-state index contributed by atoms with van der Waals surface area (Å²) >= 11 is 0. The molecular formula is C84H112O16. The minimum absolute atomic E-state index is 0.0556. The zero-order valence-electron chi connectivity index (χ0n) is 61.2. The van der Waals surface area contributed by atoms with Crippen molar-refractivity contribution in [3.8, 4) is 46.0 Å². The summed E-state index contributed by atoms with van der Waals surface area (Å²) in [7, 11) is 0. The summed E-state index contributed by atoms with van der Waals surface area (Å²) in [6.07, 6.45) is 33.9. The minimum atomic E-state index is -0.809. The van der Waals surface area contributed by atoms with Gasteiger partial charge in [-0.2, -0.15) is 0 Å². The maximum atomic E-state index is 13.7. The summed E-state index contributed by atoms with van der Waals surface area (Å²) in [4.78, 5) is 110. The Morgan fingerprint density at radius 3 is 0.490 bits per heavy atom. The molecule has 544 valence electrons. The molecule has 0 amide bonds. The van der Waals surface area contributed by atoms with Crippen molar-refractivity contribution in [2.75, 3.05) is 0 Å². The monoisotopic (exact) mass is 1380 g/mol. The fraction of sp³-hybridized carbons (Fsp3) is 0.524. The van der Waals surface area contributed by atoms with E-state index >= 15 is 0 Å². The second-order valence-corrected chi connectivity index (χ2v) is 26.6. The van der Waals surface area contributed by atoms with Gasteiger partial charge in [-0.3, -0.25) is 38.4 Å². The lowest BCUT2D eigenvalue weighted by molar-refractivity contribution is -0.133. The first kappa shape index (κ1) is 82.3. The average Bonchev–Trinajstić information content (AvgIpc) is 0.749. The first-order valence-corrected chi connectivity index (χ1v) is 36.7. The summed E-state index contributed by atoms with van der Waals surface area (Å²) in [5.74, 6) is -8.18. The van der Waals surface area contributed by atoms with Crippen LogP contribution < -0.4 is 37.9 Å². The van der Waals surface area contributed by atoms with Crippen LogP contribution in [0.1, 0.15) is 329 Å². The summed E-state index contributed by atoms with van der Waals surface area (Å²) in [5, 5.41) is 0. The van der Waals surface area contributed by atoms with Crippen LogP contribution in [0.15, 0.2) is 99.2 Å². The zero-order chi connectivity index (χ0) is 72.9. The lowest BCUT2D eigenvalue weighted by Gasteiger charge is -2.31. The number of hydrogen-bond donors (Lipinski definition) is 0. The third kappa shape index (κ3) is 27.6. The fourth-order valence-corrected chi connectivity index (χ4v) is 13.8. The molecule has 0 unspecified atom stereocenters. The Bertz CT molecular complexity index is 2820. The summed E-state index contributed by atoms with van der Waals surface area (Å²) in [6, 6.07) is 13.7. The van der Waals surface area contributed by atoms with E-state index in [1.165, 1.54) is 55.4 Å². The third-order valence-corrected chi connectivity index (χ3v) is 18.2. The molecule has 4 aromatic carbocycles. The van der Waals surface area contributed by atoms with E-state index in [1.54, 1.807) is 24.3 Å². The standard InChI is InChI=1S/C84H112O16/c1-13-17-21-25-29-33-37-41-45-65-69-49-71(79(95-59(7)87)53-77(69)93-57(5)85)66(46-42-38-34-30-26-22-18-14-2)73-51-75(83(99-63(11)91)55-81(73)97-61(9)89)68(48-44-40-36-32-28-24-20-16-4)76-52-74(82(98-62(10)90)56-84(76)100-64(12)92)67(47-43-39-35-31-27-23-19-15-3)72-50-70(65)78(94-58(6)86)54-80(72)96-60(8)88/h13-16,49-56,65-68H,1-4,17-48H2,5-12H3. The molecule has 1 aliphatic carbocycles. The second kappa shape index (κ2) is 44.7. The molecule has 16 nitrogen and oxygen atoms in total. The number of carbonyl (C=O) groups excluding carboxylic acids is 8. The molecule has 0 saturated heterocycles. The SMILES string of the molecule is C=CCCCCCCCCC1c2cc(c(OC(C)=O)cc2OC(C)=O)C(CCCCCCCCC=C)c2cc(c(OC(C)=O)cc2OC(C)=O)C(CCCCCCCCC=C)c2cc(c(OC(C)=O)cc2OC(C)=O)C(CCCCCCCCC=C)c2cc1c(OC(C)=O)cc2OC(C)=O. The van der Waals surface area contributed by atoms with Gasteiger partial charge in [0.1, 0.15) is 46.0 Å². The van der Waals surface area contributed by atoms with Crippen LogP contribution in [0.2, 0.25) is 0 Å². The molecule has 0 radical (unpaired) electrons. The molecular weight excluding hydrogens is 1260 g/mol. The molecule has 8 bridgehead atoms. The molecule has 100 heavy (non-hydrogen) atoms.